The van der Waals surface area contributed by atoms with Crippen LogP contribution >= 0.6 is 0 Å². The molecule has 0 fully saturated rings. The van der Waals surface area contributed by atoms with Gasteiger partial charge in [-0.3, -0.25) is 9.78 Å². The minimum Gasteiger partial charge on any atom is -0.352 e. The van der Waals surface area contributed by atoms with Gasteiger partial charge in [-0.2, -0.15) is 0 Å². The first-order chi connectivity index (χ1) is 6.75. The maximum atomic E-state index is 11.6. The third-order valence-electron chi connectivity index (χ3n) is 2.07. The maximum absolute atomic E-state index is 11.6. The second-order valence-electron chi connectivity index (χ2n) is 3.25. The van der Waals surface area contributed by atoms with Crippen molar-refractivity contribution in [1.29, 1.82) is 0 Å². The molecule has 1 amide bonds. The number of amides is 1. The van der Waals surface area contributed by atoms with Crippen LogP contribution in [0.2, 0.25) is 0 Å². The summed E-state index contributed by atoms with van der Waals surface area (Å²) in [6, 6.07) is 3.57. The summed E-state index contributed by atoms with van der Waals surface area (Å²) < 4.78 is 0. The molecule has 1 N–H and O–H groups in total. The molecule has 1 aromatic rings. The highest BCUT2D eigenvalue weighted by Crippen LogP contribution is 2.02. The summed E-state index contributed by atoms with van der Waals surface area (Å²) in [5.74, 6) is -0.0240. The molecule has 0 atom stereocenters. The van der Waals surface area contributed by atoms with Crippen LogP contribution in [0, 0.1) is 6.92 Å². The van der Waals surface area contributed by atoms with Crippen LogP contribution in [0.1, 0.15) is 35.8 Å². The quantitative estimate of drug-likeness (QED) is 0.740. The van der Waals surface area contributed by atoms with E-state index in [4.69, 9.17) is 0 Å². The zero-order valence-electron chi connectivity index (χ0n) is 8.71. The van der Waals surface area contributed by atoms with E-state index in [1.807, 2.05) is 6.92 Å². The van der Waals surface area contributed by atoms with Gasteiger partial charge in [-0.1, -0.05) is 13.3 Å². The van der Waals surface area contributed by atoms with Gasteiger partial charge in [-0.15, -0.1) is 0 Å². The fourth-order valence-corrected chi connectivity index (χ4v) is 1.20. The van der Waals surface area contributed by atoms with Crippen molar-refractivity contribution in [2.75, 3.05) is 6.54 Å². The lowest BCUT2D eigenvalue weighted by Gasteiger charge is -2.05. The van der Waals surface area contributed by atoms with Gasteiger partial charge in [0.2, 0.25) is 0 Å². The topological polar surface area (TPSA) is 42.0 Å². The van der Waals surface area contributed by atoms with E-state index in [1.54, 1.807) is 18.3 Å². The van der Waals surface area contributed by atoms with Crippen molar-refractivity contribution < 1.29 is 4.79 Å². The summed E-state index contributed by atoms with van der Waals surface area (Å²) in [7, 11) is 0. The second kappa shape index (κ2) is 5.37. The minimum absolute atomic E-state index is 0.0240. The largest absolute Gasteiger partial charge is 0.352 e. The lowest BCUT2D eigenvalue weighted by molar-refractivity contribution is 0.0952. The highest BCUT2D eigenvalue weighted by atomic mass is 16.1. The molecule has 0 radical (unpaired) electrons. The van der Waals surface area contributed by atoms with Crippen LogP contribution in [0.3, 0.4) is 0 Å². The average molecular weight is 192 g/mol. The number of rotatable bonds is 4. The number of nitrogens with one attached hydrogen (secondary N) is 1. The van der Waals surface area contributed by atoms with Crippen LogP contribution in [-0.4, -0.2) is 17.4 Å². The summed E-state index contributed by atoms with van der Waals surface area (Å²) in [6.07, 6.45) is 3.80. The molecule has 0 aromatic carbocycles. The van der Waals surface area contributed by atoms with Gasteiger partial charge in [0, 0.05) is 18.4 Å². The predicted octanol–water partition coefficient (Wildman–Crippen LogP) is 1.92. The number of hydrogen-bond acceptors (Lipinski definition) is 2. The Kier molecular flexibility index (Phi) is 4.11. The summed E-state index contributed by atoms with van der Waals surface area (Å²) in [5, 5.41) is 2.86. The van der Waals surface area contributed by atoms with Crippen LogP contribution in [0.4, 0.5) is 0 Å². The zero-order valence-corrected chi connectivity index (χ0v) is 8.71. The standard InChI is InChI=1S/C11H16N2O/c1-3-4-7-13-11(14)10-6-5-8-12-9(10)2/h5-6,8H,3-4,7H2,1-2H3,(H,13,14). The van der Waals surface area contributed by atoms with Crippen LogP contribution in [-0.2, 0) is 0 Å². The van der Waals surface area contributed by atoms with Crippen molar-refractivity contribution in [2.24, 2.45) is 0 Å². The first-order valence-electron chi connectivity index (χ1n) is 4.95. The van der Waals surface area contributed by atoms with Crippen molar-refractivity contribution in [3.63, 3.8) is 0 Å². The van der Waals surface area contributed by atoms with E-state index in [-0.39, 0.29) is 5.91 Å². The number of carbonyl (C=O) groups excluding carboxylic acids is 1. The molecular formula is C11H16N2O. The Bertz CT molecular complexity index is 310. The summed E-state index contributed by atoms with van der Waals surface area (Å²) in [4.78, 5) is 15.7. The highest BCUT2D eigenvalue weighted by Gasteiger charge is 2.07. The molecular weight excluding hydrogens is 176 g/mol. The predicted molar refractivity (Wildman–Crippen MR) is 56.2 cm³/mol. The first kappa shape index (κ1) is 10.7. The molecule has 14 heavy (non-hydrogen) atoms. The Morgan fingerprint density at radius 2 is 2.36 bits per heavy atom. The smallest absolute Gasteiger partial charge is 0.253 e. The van der Waals surface area contributed by atoms with Gasteiger partial charge in [0.25, 0.3) is 5.91 Å². The third kappa shape index (κ3) is 2.83. The van der Waals surface area contributed by atoms with Gasteiger partial charge >= 0.3 is 0 Å². The number of hydrogen-bond donors (Lipinski definition) is 1. The van der Waals surface area contributed by atoms with Gasteiger partial charge in [0.05, 0.1) is 5.56 Å². The van der Waals surface area contributed by atoms with Crippen molar-refractivity contribution in [1.82, 2.24) is 10.3 Å². The third-order valence-corrected chi connectivity index (χ3v) is 2.07. The van der Waals surface area contributed by atoms with Gasteiger partial charge in [0.15, 0.2) is 0 Å². The number of aryl methyl sites for hydroxylation is 1. The highest BCUT2D eigenvalue weighted by molar-refractivity contribution is 5.95. The van der Waals surface area contributed by atoms with Crippen molar-refractivity contribution in [3.8, 4) is 0 Å². The van der Waals surface area contributed by atoms with E-state index in [1.165, 1.54) is 0 Å². The Morgan fingerprint density at radius 3 is 3.00 bits per heavy atom. The lowest BCUT2D eigenvalue weighted by atomic mass is 10.2. The molecule has 0 spiro atoms. The van der Waals surface area contributed by atoms with E-state index in [0.717, 1.165) is 25.1 Å². The minimum atomic E-state index is -0.0240. The monoisotopic (exact) mass is 192 g/mol. The van der Waals surface area contributed by atoms with Crippen molar-refractivity contribution >= 4 is 5.91 Å². The zero-order chi connectivity index (χ0) is 10.4. The van der Waals surface area contributed by atoms with Crippen molar-refractivity contribution in [3.05, 3.63) is 29.6 Å². The molecule has 1 rings (SSSR count). The molecule has 0 saturated carbocycles. The first-order valence-corrected chi connectivity index (χ1v) is 4.95. The number of nitrogens with zero attached hydrogens (tertiary/aromatic N) is 1. The fourth-order valence-electron chi connectivity index (χ4n) is 1.20. The normalized spacial score (nSPS) is 9.86. The van der Waals surface area contributed by atoms with Gasteiger partial charge in [-0.05, 0) is 25.5 Å². The molecule has 0 aliphatic rings. The van der Waals surface area contributed by atoms with Crippen LogP contribution in [0.25, 0.3) is 0 Å². The number of pyridine rings is 1. The lowest BCUT2D eigenvalue weighted by Crippen LogP contribution is -2.25. The number of carbonyl (C=O) groups is 1. The molecule has 1 aromatic heterocycles. The van der Waals surface area contributed by atoms with E-state index in [9.17, 15) is 4.79 Å². The molecule has 0 unspecified atom stereocenters. The average Bonchev–Trinajstić information content (AvgIpc) is 2.18. The molecule has 3 nitrogen and oxygen atoms in total. The van der Waals surface area contributed by atoms with E-state index < -0.39 is 0 Å². The Morgan fingerprint density at radius 1 is 1.57 bits per heavy atom. The van der Waals surface area contributed by atoms with E-state index in [2.05, 4.69) is 17.2 Å². The van der Waals surface area contributed by atoms with Gasteiger partial charge < -0.3 is 5.32 Å². The van der Waals surface area contributed by atoms with E-state index in [0.29, 0.717) is 5.56 Å². The summed E-state index contributed by atoms with van der Waals surface area (Å²) >= 11 is 0. The van der Waals surface area contributed by atoms with E-state index >= 15 is 0 Å². The Labute approximate surface area is 84.6 Å². The molecule has 3 heteroatoms. The molecule has 0 saturated heterocycles. The maximum Gasteiger partial charge on any atom is 0.253 e. The molecule has 0 aliphatic carbocycles. The molecule has 0 bridgehead atoms. The van der Waals surface area contributed by atoms with Crippen LogP contribution < -0.4 is 5.32 Å². The van der Waals surface area contributed by atoms with Crippen LogP contribution in [0.5, 0.6) is 0 Å². The van der Waals surface area contributed by atoms with Gasteiger partial charge in [0.1, 0.15) is 0 Å². The SMILES string of the molecule is CCCCNC(=O)c1cccnc1C. The number of aromatic nitrogens is 1. The molecule has 76 valence electrons. The second-order valence-corrected chi connectivity index (χ2v) is 3.25. The van der Waals surface area contributed by atoms with Gasteiger partial charge in [-0.25, -0.2) is 0 Å². The fraction of sp³-hybridized carbons (Fsp3) is 0.455. The Balaban J connectivity index is 2.56. The molecule has 0 aliphatic heterocycles. The Hall–Kier alpha value is -1.38. The molecule has 1 heterocycles. The summed E-state index contributed by atoms with van der Waals surface area (Å²) in [5.41, 5.74) is 1.45. The van der Waals surface area contributed by atoms with Crippen LogP contribution in [0.15, 0.2) is 18.3 Å². The van der Waals surface area contributed by atoms with Crippen molar-refractivity contribution in [2.45, 2.75) is 26.7 Å². The number of unbranched alkanes of at least 4 members (excludes halogenated alkanes) is 1. The summed E-state index contributed by atoms with van der Waals surface area (Å²) in [6.45, 7) is 4.68.